The smallest absolute Gasteiger partial charge is 0.410 e. The molecule has 0 spiro atoms. The van der Waals surface area contributed by atoms with Crippen molar-refractivity contribution in [3.63, 3.8) is 0 Å². The van der Waals surface area contributed by atoms with Crippen LogP contribution in [0.5, 0.6) is 0 Å². The number of esters is 1. The Kier molecular flexibility index (Phi) is 8.28. The van der Waals surface area contributed by atoms with Gasteiger partial charge in [0.15, 0.2) is 0 Å². The van der Waals surface area contributed by atoms with Gasteiger partial charge >= 0.3 is 18.2 Å². The number of nitrogens with one attached hydrogen (secondary N) is 1. The van der Waals surface area contributed by atoms with Crippen LogP contribution >= 0.6 is 0 Å². The Morgan fingerprint density at radius 1 is 1.18 bits per heavy atom. The summed E-state index contributed by atoms with van der Waals surface area (Å²) < 4.78 is 16.1. The molecule has 3 aliphatic heterocycles. The number of hydrogen-bond donors (Lipinski definition) is 1. The number of methoxy groups -OCH3 is 1. The van der Waals surface area contributed by atoms with Crippen molar-refractivity contribution in [1.29, 1.82) is 0 Å². The van der Waals surface area contributed by atoms with Crippen LogP contribution in [0.15, 0.2) is 24.3 Å². The van der Waals surface area contributed by atoms with E-state index >= 15 is 0 Å². The average Bonchev–Trinajstić information content (AvgIpc) is 3.30. The van der Waals surface area contributed by atoms with Crippen molar-refractivity contribution in [2.45, 2.75) is 71.2 Å². The van der Waals surface area contributed by atoms with Crippen molar-refractivity contribution in [3.8, 4) is 0 Å². The van der Waals surface area contributed by atoms with Gasteiger partial charge in [0.1, 0.15) is 18.2 Å². The molecule has 4 bridgehead atoms. The molecule has 1 N–H and O–H groups in total. The molecule has 0 aromatic heterocycles. The average molecular weight is 528 g/mol. The van der Waals surface area contributed by atoms with E-state index in [4.69, 9.17) is 14.2 Å². The van der Waals surface area contributed by atoms with Crippen LogP contribution in [0.25, 0.3) is 6.08 Å². The van der Waals surface area contributed by atoms with Gasteiger partial charge in [0, 0.05) is 19.5 Å². The van der Waals surface area contributed by atoms with Crippen LogP contribution in [0.2, 0.25) is 0 Å². The lowest BCUT2D eigenvalue weighted by Crippen LogP contribution is -2.57. The van der Waals surface area contributed by atoms with Gasteiger partial charge in [-0.05, 0) is 41.4 Å². The molecule has 1 fully saturated rings. The number of cyclic esters (lactones) is 1. The van der Waals surface area contributed by atoms with Gasteiger partial charge in [-0.1, -0.05) is 51.1 Å². The number of allylic oxidation sites excluding steroid dienone is 1. The number of alkyl carbamates (subject to hydrolysis) is 1. The first-order valence-electron chi connectivity index (χ1n) is 13.1. The SMILES string of the molecule is COC(=O)[C@@H]1C[C@@H]2CN1C(=O)[C@H](C(C)(C)C)NC(=O)OCCC/C=C/c1cccc3c1CN(CC3)C(=O)O2. The molecule has 1 aromatic carbocycles. The normalized spacial score (nSPS) is 25.8. The first-order chi connectivity index (χ1) is 18.1. The molecule has 206 valence electrons. The summed E-state index contributed by atoms with van der Waals surface area (Å²) >= 11 is 0. The van der Waals surface area contributed by atoms with Crippen molar-refractivity contribution < 1.29 is 33.4 Å². The van der Waals surface area contributed by atoms with Crippen LogP contribution in [-0.4, -0.2) is 78.9 Å². The molecule has 10 nitrogen and oxygen atoms in total. The van der Waals surface area contributed by atoms with Crippen molar-refractivity contribution >= 4 is 30.1 Å². The predicted octanol–water partition coefficient (Wildman–Crippen LogP) is 3.27. The molecule has 10 heteroatoms. The quantitative estimate of drug-likeness (QED) is 0.440. The maximum Gasteiger partial charge on any atom is 0.410 e. The standard InChI is InChI=1S/C28H37N3O7/c1-28(2,3)23-24(32)31-16-20(15-22(31)25(33)36-4)38-27(35)30-13-12-19-11-8-10-18(21(19)17-30)9-6-5-7-14-37-26(34)29-23/h6,8-11,20,22-23H,5,7,12-17H2,1-4H3,(H,29,34)/b9-6+/t20-,22+,23-/m1/s1. The van der Waals surface area contributed by atoms with Gasteiger partial charge in [-0.2, -0.15) is 0 Å². The lowest BCUT2D eigenvalue weighted by atomic mass is 9.85. The van der Waals surface area contributed by atoms with Crippen LogP contribution in [0.3, 0.4) is 0 Å². The van der Waals surface area contributed by atoms with Crippen LogP contribution in [0.4, 0.5) is 9.59 Å². The number of nitrogens with zero attached hydrogens (tertiary/aromatic N) is 2. The zero-order valence-corrected chi connectivity index (χ0v) is 22.5. The van der Waals surface area contributed by atoms with Crippen LogP contribution in [0.1, 0.15) is 56.7 Å². The number of carbonyl (C=O) groups excluding carboxylic acids is 4. The van der Waals surface area contributed by atoms with Crippen LogP contribution < -0.4 is 5.32 Å². The van der Waals surface area contributed by atoms with E-state index in [1.165, 1.54) is 17.6 Å². The molecule has 3 atom stereocenters. The monoisotopic (exact) mass is 527 g/mol. The highest BCUT2D eigenvalue weighted by molar-refractivity contribution is 5.91. The zero-order valence-electron chi connectivity index (χ0n) is 22.5. The van der Waals surface area contributed by atoms with E-state index in [0.717, 1.165) is 11.1 Å². The Bertz CT molecular complexity index is 1110. The third-order valence-electron chi connectivity index (χ3n) is 7.27. The third-order valence-corrected chi connectivity index (χ3v) is 7.27. The zero-order chi connectivity index (χ0) is 27.4. The number of carbonyl (C=O) groups is 4. The van der Waals surface area contributed by atoms with E-state index in [-0.39, 0.29) is 19.6 Å². The molecule has 3 heterocycles. The third kappa shape index (κ3) is 6.11. The lowest BCUT2D eigenvalue weighted by Gasteiger charge is -2.34. The Labute approximate surface area is 223 Å². The molecule has 1 saturated heterocycles. The summed E-state index contributed by atoms with van der Waals surface area (Å²) in [6.45, 7) is 6.60. The maximum absolute atomic E-state index is 13.7. The van der Waals surface area contributed by atoms with Gasteiger partial charge in [0.25, 0.3) is 0 Å². The summed E-state index contributed by atoms with van der Waals surface area (Å²) in [6.07, 6.45) is 4.32. The Hall–Kier alpha value is -3.56. The van der Waals surface area contributed by atoms with Crippen LogP contribution in [0, 0.1) is 5.41 Å². The molecule has 3 amide bonds. The highest BCUT2D eigenvalue weighted by Crippen LogP contribution is 2.29. The van der Waals surface area contributed by atoms with Crippen molar-refractivity contribution in [3.05, 3.63) is 41.0 Å². The van der Waals surface area contributed by atoms with Gasteiger partial charge in [-0.15, -0.1) is 0 Å². The van der Waals surface area contributed by atoms with E-state index < -0.39 is 47.7 Å². The second-order valence-corrected chi connectivity index (χ2v) is 11.1. The molecular weight excluding hydrogens is 490 g/mol. The second-order valence-electron chi connectivity index (χ2n) is 11.1. The molecule has 0 unspecified atom stereocenters. The summed E-state index contributed by atoms with van der Waals surface area (Å²) in [5, 5.41) is 2.69. The highest BCUT2D eigenvalue weighted by Gasteiger charge is 2.47. The molecule has 0 aliphatic carbocycles. The number of benzene rings is 1. The minimum absolute atomic E-state index is 0.0199. The van der Waals surface area contributed by atoms with Gasteiger partial charge in [-0.25, -0.2) is 14.4 Å². The minimum atomic E-state index is -0.964. The van der Waals surface area contributed by atoms with E-state index in [9.17, 15) is 19.2 Å². The summed E-state index contributed by atoms with van der Waals surface area (Å²) in [6, 6.07) is 4.21. The first-order valence-corrected chi connectivity index (χ1v) is 13.1. The predicted molar refractivity (Wildman–Crippen MR) is 139 cm³/mol. The van der Waals surface area contributed by atoms with E-state index in [0.29, 0.717) is 32.4 Å². The highest BCUT2D eigenvalue weighted by atomic mass is 16.6. The van der Waals surface area contributed by atoms with Crippen molar-refractivity contribution in [2.75, 3.05) is 26.8 Å². The maximum atomic E-state index is 13.7. The topological polar surface area (TPSA) is 114 Å². The molecule has 3 aliphatic rings. The Morgan fingerprint density at radius 3 is 2.71 bits per heavy atom. The number of hydrogen-bond acceptors (Lipinski definition) is 7. The number of ether oxygens (including phenoxy) is 3. The van der Waals surface area contributed by atoms with Gasteiger partial charge in [0.2, 0.25) is 5.91 Å². The number of fused-ring (bicyclic) bond motifs is 3. The van der Waals surface area contributed by atoms with Crippen LogP contribution in [-0.2, 0) is 36.8 Å². The molecule has 0 saturated carbocycles. The summed E-state index contributed by atoms with van der Waals surface area (Å²) in [5.74, 6) is -1.06. The number of amides is 3. The number of rotatable bonds is 1. The van der Waals surface area contributed by atoms with E-state index in [2.05, 4.69) is 11.4 Å². The van der Waals surface area contributed by atoms with E-state index in [1.807, 2.05) is 45.1 Å². The van der Waals surface area contributed by atoms with Crippen molar-refractivity contribution in [2.24, 2.45) is 5.41 Å². The Balaban J connectivity index is 1.63. The second kappa shape index (κ2) is 11.4. The van der Waals surface area contributed by atoms with Gasteiger partial charge < -0.3 is 29.3 Å². The summed E-state index contributed by atoms with van der Waals surface area (Å²) in [4.78, 5) is 55.1. The molecule has 38 heavy (non-hydrogen) atoms. The first kappa shape index (κ1) is 27.5. The fraction of sp³-hybridized carbons (Fsp3) is 0.571. The minimum Gasteiger partial charge on any atom is -0.467 e. The summed E-state index contributed by atoms with van der Waals surface area (Å²) in [5.41, 5.74) is 2.63. The molecule has 4 rings (SSSR count). The largest absolute Gasteiger partial charge is 0.467 e. The molecular formula is C28H37N3O7. The van der Waals surface area contributed by atoms with Gasteiger partial charge in [0.05, 0.1) is 20.3 Å². The van der Waals surface area contributed by atoms with E-state index in [1.54, 1.807) is 4.90 Å². The Morgan fingerprint density at radius 2 is 1.97 bits per heavy atom. The van der Waals surface area contributed by atoms with Gasteiger partial charge in [-0.3, -0.25) is 4.79 Å². The molecule has 0 radical (unpaired) electrons. The van der Waals surface area contributed by atoms with Crippen molar-refractivity contribution in [1.82, 2.24) is 15.1 Å². The fourth-order valence-electron chi connectivity index (χ4n) is 5.17. The summed E-state index contributed by atoms with van der Waals surface area (Å²) in [7, 11) is 1.25. The lowest BCUT2D eigenvalue weighted by molar-refractivity contribution is -0.152. The fourth-order valence-corrected chi connectivity index (χ4v) is 5.17. The molecule has 1 aromatic rings.